The summed E-state index contributed by atoms with van der Waals surface area (Å²) in [5.41, 5.74) is 1.81. The van der Waals surface area contributed by atoms with E-state index >= 15 is 0 Å². The van der Waals surface area contributed by atoms with Crippen LogP contribution in [0.2, 0.25) is 0 Å². The highest BCUT2D eigenvalue weighted by Crippen LogP contribution is 2.14. The molecule has 2 rings (SSSR count). The molecular weight excluding hydrogens is 176 g/mol. The number of hydrogen-bond donors (Lipinski definition) is 1. The predicted molar refractivity (Wildman–Crippen MR) is 54.8 cm³/mol. The molecule has 0 aromatic carbocycles. The summed E-state index contributed by atoms with van der Waals surface area (Å²) in [5, 5.41) is 11.0. The van der Waals surface area contributed by atoms with Gasteiger partial charge in [0.05, 0.1) is 5.69 Å². The van der Waals surface area contributed by atoms with Crippen LogP contribution in [0, 0.1) is 0 Å². The minimum atomic E-state index is 0.762. The highest BCUT2D eigenvalue weighted by atomic mass is 15.2. The van der Waals surface area contributed by atoms with E-state index in [-0.39, 0.29) is 0 Å². The average Bonchev–Trinajstić information content (AvgIpc) is 2.30. The van der Waals surface area contributed by atoms with Crippen molar-refractivity contribution in [3.63, 3.8) is 0 Å². The topological polar surface area (TPSA) is 50.7 Å². The average molecular weight is 186 g/mol. The van der Waals surface area contributed by atoms with Gasteiger partial charge in [-0.2, -0.15) is 0 Å². The number of anilines is 1. The van der Waals surface area contributed by atoms with Gasteiger partial charge in [0.25, 0.3) is 0 Å². The number of nitrogens with zero attached hydrogens (tertiary/aromatic N) is 3. The summed E-state index contributed by atoms with van der Waals surface area (Å²) >= 11 is 0. The van der Waals surface area contributed by atoms with Gasteiger partial charge < -0.3 is 5.32 Å². The first kappa shape index (κ1) is 8.62. The second-order valence-electron chi connectivity index (χ2n) is 2.80. The van der Waals surface area contributed by atoms with Crippen molar-refractivity contribution in [3.05, 3.63) is 36.7 Å². The summed E-state index contributed by atoms with van der Waals surface area (Å²) in [6, 6.07) is 7.63. The summed E-state index contributed by atoms with van der Waals surface area (Å²) in [7, 11) is 1.81. The Hall–Kier alpha value is -1.97. The highest BCUT2D eigenvalue weighted by Gasteiger charge is 1.98. The van der Waals surface area contributed by atoms with Crippen LogP contribution >= 0.6 is 0 Å². The van der Waals surface area contributed by atoms with Crippen LogP contribution in [0.3, 0.4) is 0 Å². The van der Waals surface area contributed by atoms with Crippen molar-refractivity contribution in [3.8, 4) is 11.3 Å². The Morgan fingerprint density at radius 3 is 2.64 bits per heavy atom. The van der Waals surface area contributed by atoms with Gasteiger partial charge in [-0.15, -0.1) is 10.2 Å². The summed E-state index contributed by atoms with van der Waals surface area (Å²) in [4.78, 5) is 4.02. The standard InChI is InChI=1S/C10H10N4/c1-11-10-5-4-9(13-14-10)8-3-2-6-12-7-8/h2-7H,1H3,(H,11,14). The van der Waals surface area contributed by atoms with Gasteiger partial charge in [-0.05, 0) is 24.3 Å². The van der Waals surface area contributed by atoms with Gasteiger partial charge in [0.1, 0.15) is 5.82 Å². The van der Waals surface area contributed by atoms with Crippen LogP contribution < -0.4 is 5.32 Å². The Labute approximate surface area is 82.0 Å². The molecule has 2 heterocycles. The molecular formula is C10H10N4. The molecule has 0 spiro atoms. The Bertz CT molecular complexity index is 396. The fourth-order valence-corrected chi connectivity index (χ4v) is 1.13. The molecule has 0 atom stereocenters. The third kappa shape index (κ3) is 1.69. The quantitative estimate of drug-likeness (QED) is 0.773. The van der Waals surface area contributed by atoms with Crippen molar-refractivity contribution < 1.29 is 0 Å². The minimum Gasteiger partial charge on any atom is -0.372 e. The second kappa shape index (κ2) is 3.83. The molecule has 2 aromatic rings. The lowest BCUT2D eigenvalue weighted by Crippen LogP contribution is -1.95. The van der Waals surface area contributed by atoms with Crippen LogP contribution in [-0.2, 0) is 0 Å². The molecule has 0 aliphatic rings. The molecule has 0 amide bonds. The van der Waals surface area contributed by atoms with Gasteiger partial charge in [0, 0.05) is 25.0 Å². The van der Waals surface area contributed by atoms with Crippen molar-refractivity contribution in [2.24, 2.45) is 0 Å². The monoisotopic (exact) mass is 186 g/mol. The lowest BCUT2D eigenvalue weighted by atomic mass is 10.2. The SMILES string of the molecule is CNc1ccc(-c2cccnc2)nn1. The van der Waals surface area contributed by atoms with E-state index in [4.69, 9.17) is 0 Å². The Kier molecular flexibility index (Phi) is 2.36. The first-order valence-corrected chi connectivity index (χ1v) is 4.32. The van der Waals surface area contributed by atoms with E-state index in [1.807, 2.05) is 31.3 Å². The van der Waals surface area contributed by atoms with Crippen LogP contribution in [0.15, 0.2) is 36.7 Å². The van der Waals surface area contributed by atoms with Gasteiger partial charge in [-0.25, -0.2) is 0 Å². The van der Waals surface area contributed by atoms with E-state index < -0.39 is 0 Å². The Morgan fingerprint density at radius 2 is 2.07 bits per heavy atom. The zero-order chi connectivity index (χ0) is 9.80. The summed E-state index contributed by atoms with van der Waals surface area (Å²) in [6.07, 6.45) is 3.50. The van der Waals surface area contributed by atoms with Crippen molar-refractivity contribution in [2.75, 3.05) is 12.4 Å². The molecule has 0 saturated heterocycles. The van der Waals surface area contributed by atoms with Crippen LogP contribution in [0.25, 0.3) is 11.3 Å². The summed E-state index contributed by atoms with van der Waals surface area (Å²) in [6.45, 7) is 0. The molecule has 4 nitrogen and oxygen atoms in total. The normalized spacial score (nSPS) is 9.79. The van der Waals surface area contributed by atoms with E-state index in [0.29, 0.717) is 0 Å². The van der Waals surface area contributed by atoms with E-state index in [2.05, 4.69) is 20.5 Å². The van der Waals surface area contributed by atoms with Crippen molar-refractivity contribution in [2.45, 2.75) is 0 Å². The molecule has 14 heavy (non-hydrogen) atoms. The molecule has 0 saturated carbocycles. The van der Waals surface area contributed by atoms with Crippen molar-refractivity contribution in [1.82, 2.24) is 15.2 Å². The molecule has 1 N–H and O–H groups in total. The van der Waals surface area contributed by atoms with Crippen LogP contribution in [0.1, 0.15) is 0 Å². The molecule has 0 aliphatic carbocycles. The Balaban J connectivity index is 2.34. The fourth-order valence-electron chi connectivity index (χ4n) is 1.13. The fraction of sp³-hybridized carbons (Fsp3) is 0.100. The molecule has 70 valence electrons. The second-order valence-corrected chi connectivity index (χ2v) is 2.80. The van der Waals surface area contributed by atoms with E-state index in [1.54, 1.807) is 12.4 Å². The van der Waals surface area contributed by atoms with Crippen molar-refractivity contribution in [1.29, 1.82) is 0 Å². The third-order valence-electron chi connectivity index (χ3n) is 1.88. The van der Waals surface area contributed by atoms with Gasteiger partial charge in [0.2, 0.25) is 0 Å². The minimum absolute atomic E-state index is 0.762. The summed E-state index contributed by atoms with van der Waals surface area (Å²) in [5.74, 6) is 0.762. The molecule has 2 aromatic heterocycles. The molecule has 0 unspecified atom stereocenters. The van der Waals surface area contributed by atoms with Crippen LogP contribution in [0.5, 0.6) is 0 Å². The van der Waals surface area contributed by atoms with Crippen LogP contribution in [0.4, 0.5) is 5.82 Å². The summed E-state index contributed by atoms with van der Waals surface area (Å²) < 4.78 is 0. The largest absolute Gasteiger partial charge is 0.372 e. The molecule has 0 bridgehead atoms. The van der Waals surface area contributed by atoms with Gasteiger partial charge in [-0.1, -0.05) is 0 Å². The maximum atomic E-state index is 4.07. The maximum Gasteiger partial charge on any atom is 0.148 e. The number of hydrogen-bond acceptors (Lipinski definition) is 4. The highest BCUT2D eigenvalue weighted by molar-refractivity contribution is 5.57. The van der Waals surface area contributed by atoms with E-state index in [0.717, 1.165) is 17.1 Å². The van der Waals surface area contributed by atoms with Crippen LogP contribution in [-0.4, -0.2) is 22.2 Å². The first-order valence-electron chi connectivity index (χ1n) is 4.32. The number of pyridine rings is 1. The van der Waals surface area contributed by atoms with E-state index in [9.17, 15) is 0 Å². The number of nitrogens with one attached hydrogen (secondary N) is 1. The maximum absolute atomic E-state index is 4.07. The molecule has 0 fully saturated rings. The zero-order valence-electron chi connectivity index (χ0n) is 7.81. The number of aromatic nitrogens is 3. The molecule has 4 heteroatoms. The lowest BCUT2D eigenvalue weighted by molar-refractivity contribution is 1.04. The van der Waals surface area contributed by atoms with Gasteiger partial charge >= 0.3 is 0 Å². The Morgan fingerprint density at radius 1 is 1.14 bits per heavy atom. The molecule has 0 radical (unpaired) electrons. The smallest absolute Gasteiger partial charge is 0.148 e. The first-order chi connectivity index (χ1) is 6.90. The lowest BCUT2D eigenvalue weighted by Gasteiger charge is -2.00. The van der Waals surface area contributed by atoms with Gasteiger partial charge in [0.15, 0.2) is 0 Å². The molecule has 0 aliphatic heterocycles. The van der Waals surface area contributed by atoms with Gasteiger partial charge in [-0.3, -0.25) is 4.98 Å². The van der Waals surface area contributed by atoms with E-state index in [1.165, 1.54) is 0 Å². The number of rotatable bonds is 2. The zero-order valence-corrected chi connectivity index (χ0v) is 7.81. The predicted octanol–water partition coefficient (Wildman–Crippen LogP) is 1.58. The van der Waals surface area contributed by atoms with Crippen molar-refractivity contribution >= 4 is 5.82 Å². The third-order valence-corrected chi connectivity index (χ3v) is 1.88.